The number of hydrogen-bond acceptors (Lipinski definition) is 5. The average molecular weight is 366 g/mol. The molecule has 0 aliphatic rings. The minimum atomic E-state index is -0.266. The van der Waals surface area contributed by atoms with E-state index in [1.165, 1.54) is 18.3 Å². The highest BCUT2D eigenvalue weighted by Crippen LogP contribution is 2.19. The van der Waals surface area contributed by atoms with Crippen LogP contribution in [0.5, 0.6) is 5.75 Å². The first-order valence-corrected chi connectivity index (χ1v) is 8.93. The molecule has 0 radical (unpaired) electrons. The largest absolute Gasteiger partial charge is 0.497 e. The number of ether oxygens (including phenoxy) is 1. The van der Waals surface area contributed by atoms with Crippen LogP contribution in [0.4, 0.5) is 5.69 Å². The van der Waals surface area contributed by atoms with E-state index in [2.05, 4.69) is 10.3 Å². The number of methoxy groups -OCH3 is 1. The van der Waals surface area contributed by atoms with Crippen molar-refractivity contribution in [3.05, 3.63) is 75.7 Å². The Kier molecular flexibility index (Phi) is 5.43. The van der Waals surface area contributed by atoms with Crippen LogP contribution in [-0.2, 0) is 6.42 Å². The standard InChI is InChI=1S/C20H18N2O3S/c1-13(23)15-5-7-16(8-6-15)21-20(24)18-12-26-19(22-18)11-14-3-9-17(25-2)10-4-14/h3-10,12H,11H2,1-2H3,(H,21,24). The van der Waals surface area contributed by atoms with Gasteiger partial charge in [-0.05, 0) is 48.9 Å². The molecule has 0 aliphatic heterocycles. The number of hydrogen-bond donors (Lipinski definition) is 1. The summed E-state index contributed by atoms with van der Waals surface area (Å²) in [6, 6.07) is 14.6. The monoisotopic (exact) mass is 366 g/mol. The maximum Gasteiger partial charge on any atom is 0.275 e. The molecule has 1 heterocycles. The van der Waals surface area contributed by atoms with E-state index in [4.69, 9.17) is 4.74 Å². The number of nitrogens with zero attached hydrogens (tertiary/aromatic N) is 1. The molecule has 0 fully saturated rings. The molecular weight excluding hydrogens is 348 g/mol. The van der Waals surface area contributed by atoms with Crippen molar-refractivity contribution in [3.8, 4) is 5.75 Å². The molecule has 0 unspecified atom stereocenters. The number of thiazole rings is 1. The predicted octanol–water partition coefficient (Wildman–Crippen LogP) is 4.20. The quantitative estimate of drug-likeness (QED) is 0.664. The fourth-order valence-corrected chi connectivity index (χ4v) is 3.21. The predicted molar refractivity (Wildman–Crippen MR) is 102 cm³/mol. The highest BCUT2D eigenvalue weighted by atomic mass is 32.1. The van der Waals surface area contributed by atoms with Gasteiger partial charge in [0.05, 0.1) is 12.1 Å². The smallest absolute Gasteiger partial charge is 0.275 e. The Bertz CT molecular complexity index is 915. The number of nitrogens with one attached hydrogen (secondary N) is 1. The second kappa shape index (κ2) is 7.93. The number of carbonyl (C=O) groups excluding carboxylic acids is 2. The lowest BCUT2D eigenvalue weighted by atomic mass is 10.1. The molecule has 0 atom stereocenters. The van der Waals surface area contributed by atoms with Gasteiger partial charge >= 0.3 is 0 Å². The number of benzene rings is 2. The van der Waals surface area contributed by atoms with Gasteiger partial charge in [0.15, 0.2) is 5.78 Å². The van der Waals surface area contributed by atoms with Crippen LogP contribution < -0.4 is 10.1 Å². The second-order valence-electron chi connectivity index (χ2n) is 5.74. The highest BCUT2D eigenvalue weighted by molar-refractivity contribution is 7.09. The molecule has 1 aromatic heterocycles. The van der Waals surface area contributed by atoms with E-state index < -0.39 is 0 Å². The first-order valence-electron chi connectivity index (χ1n) is 8.05. The third-order valence-electron chi connectivity index (χ3n) is 3.85. The molecule has 6 heteroatoms. The van der Waals surface area contributed by atoms with E-state index in [1.807, 2.05) is 24.3 Å². The van der Waals surface area contributed by atoms with Gasteiger partial charge in [0.25, 0.3) is 5.91 Å². The summed E-state index contributed by atoms with van der Waals surface area (Å²) in [5, 5.41) is 5.41. The van der Waals surface area contributed by atoms with Gasteiger partial charge in [-0.1, -0.05) is 12.1 Å². The average Bonchev–Trinajstić information content (AvgIpc) is 3.11. The maximum absolute atomic E-state index is 12.3. The molecule has 2 aromatic carbocycles. The number of amides is 1. The zero-order valence-electron chi connectivity index (χ0n) is 14.5. The van der Waals surface area contributed by atoms with Crippen LogP contribution in [0.15, 0.2) is 53.9 Å². The van der Waals surface area contributed by atoms with Crippen molar-refractivity contribution < 1.29 is 14.3 Å². The fraction of sp³-hybridized carbons (Fsp3) is 0.150. The van der Waals surface area contributed by atoms with Crippen LogP contribution in [0.1, 0.15) is 38.3 Å². The Morgan fingerprint density at radius 1 is 1.08 bits per heavy atom. The number of rotatable bonds is 6. The Hall–Kier alpha value is -2.99. The minimum absolute atomic E-state index is 0.00875. The molecule has 1 N–H and O–H groups in total. The molecule has 5 nitrogen and oxygen atoms in total. The van der Waals surface area contributed by atoms with Gasteiger partial charge in [-0.3, -0.25) is 9.59 Å². The summed E-state index contributed by atoms with van der Waals surface area (Å²) in [4.78, 5) is 28.0. The maximum atomic E-state index is 12.3. The zero-order chi connectivity index (χ0) is 18.5. The zero-order valence-corrected chi connectivity index (χ0v) is 15.3. The number of anilines is 1. The van der Waals surface area contributed by atoms with Crippen LogP contribution in [0.25, 0.3) is 0 Å². The molecule has 0 saturated carbocycles. The van der Waals surface area contributed by atoms with E-state index >= 15 is 0 Å². The number of carbonyl (C=O) groups is 2. The molecule has 3 rings (SSSR count). The van der Waals surface area contributed by atoms with Crippen LogP contribution in [0, 0.1) is 0 Å². The number of ketones is 1. The van der Waals surface area contributed by atoms with Crippen LogP contribution in [-0.4, -0.2) is 23.8 Å². The highest BCUT2D eigenvalue weighted by Gasteiger charge is 2.12. The summed E-state index contributed by atoms with van der Waals surface area (Å²) in [6.07, 6.45) is 0.662. The lowest BCUT2D eigenvalue weighted by molar-refractivity contribution is 0.101. The van der Waals surface area contributed by atoms with Gasteiger partial charge in [0.1, 0.15) is 11.4 Å². The van der Waals surface area contributed by atoms with Crippen molar-refractivity contribution in [1.82, 2.24) is 4.98 Å². The molecule has 0 spiro atoms. The minimum Gasteiger partial charge on any atom is -0.497 e. The van der Waals surface area contributed by atoms with E-state index in [0.29, 0.717) is 23.4 Å². The van der Waals surface area contributed by atoms with Crippen molar-refractivity contribution >= 4 is 28.7 Å². The summed E-state index contributed by atoms with van der Waals surface area (Å²) in [5.41, 5.74) is 2.73. The van der Waals surface area contributed by atoms with Gasteiger partial charge < -0.3 is 10.1 Å². The van der Waals surface area contributed by atoms with Crippen molar-refractivity contribution in [2.45, 2.75) is 13.3 Å². The summed E-state index contributed by atoms with van der Waals surface area (Å²) >= 11 is 1.45. The van der Waals surface area contributed by atoms with E-state index in [9.17, 15) is 9.59 Å². The molecule has 3 aromatic rings. The van der Waals surface area contributed by atoms with Crippen molar-refractivity contribution in [2.24, 2.45) is 0 Å². The second-order valence-corrected chi connectivity index (χ2v) is 6.68. The van der Waals surface area contributed by atoms with E-state index in [1.54, 1.807) is 36.8 Å². The third kappa shape index (κ3) is 4.34. The van der Waals surface area contributed by atoms with Crippen molar-refractivity contribution in [2.75, 3.05) is 12.4 Å². The molecule has 0 saturated heterocycles. The SMILES string of the molecule is COc1ccc(Cc2nc(C(=O)Nc3ccc(C(C)=O)cc3)cs2)cc1. The number of Topliss-reactive ketones (excluding diaryl/α,β-unsaturated/α-hetero) is 1. The molecular formula is C20H18N2O3S. The molecule has 132 valence electrons. The lowest BCUT2D eigenvalue weighted by Gasteiger charge is -2.04. The summed E-state index contributed by atoms with van der Waals surface area (Å²) in [5.74, 6) is 0.534. The first-order chi connectivity index (χ1) is 12.5. The Morgan fingerprint density at radius 3 is 2.38 bits per heavy atom. The van der Waals surface area contributed by atoms with Crippen molar-refractivity contribution in [3.63, 3.8) is 0 Å². The van der Waals surface area contributed by atoms with Gasteiger partial charge in [-0.25, -0.2) is 4.98 Å². The molecule has 0 aliphatic carbocycles. The third-order valence-corrected chi connectivity index (χ3v) is 4.70. The Labute approximate surface area is 155 Å². The van der Waals surface area contributed by atoms with Gasteiger partial charge in [-0.2, -0.15) is 0 Å². The van der Waals surface area contributed by atoms with Crippen LogP contribution in [0.3, 0.4) is 0 Å². The summed E-state index contributed by atoms with van der Waals surface area (Å²) in [6.45, 7) is 1.51. The Morgan fingerprint density at radius 2 is 1.77 bits per heavy atom. The summed E-state index contributed by atoms with van der Waals surface area (Å²) < 4.78 is 5.15. The van der Waals surface area contributed by atoms with Gasteiger partial charge in [-0.15, -0.1) is 11.3 Å². The summed E-state index contributed by atoms with van der Waals surface area (Å²) in [7, 11) is 1.63. The topological polar surface area (TPSA) is 68.3 Å². The van der Waals surface area contributed by atoms with E-state index in [0.717, 1.165) is 16.3 Å². The normalized spacial score (nSPS) is 10.4. The first kappa shape index (κ1) is 17.8. The van der Waals surface area contributed by atoms with Crippen LogP contribution in [0.2, 0.25) is 0 Å². The van der Waals surface area contributed by atoms with E-state index in [-0.39, 0.29) is 11.7 Å². The molecule has 0 bridgehead atoms. The van der Waals surface area contributed by atoms with Gasteiger partial charge in [0.2, 0.25) is 0 Å². The van der Waals surface area contributed by atoms with Crippen LogP contribution >= 0.6 is 11.3 Å². The fourth-order valence-electron chi connectivity index (χ4n) is 2.40. The molecule has 26 heavy (non-hydrogen) atoms. The number of aromatic nitrogens is 1. The van der Waals surface area contributed by atoms with Gasteiger partial charge in [0, 0.05) is 23.1 Å². The molecule has 1 amide bonds. The Balaban J connectivity index is 1.64. The van der Waals surface area contributed by atoms with Crippen molar-refractivity contribution in [1.29, 1.82) is 0 Å². The lowest BCUT2D eigenvalue weighted by Crippen LogP contribution is -2.12.